The number of aryl methyl sites for hydroxylation is 1. The normalized spacial score (nSPS) is 10.9. The predicted molar refractivity (Wildman–Crippen MR) is 72.4 cm³/mol. The number of hydrogen-bond acceptors (Lipinski definition) is 3. The third-order valence-corrected chi connectivity index (χ3v) is 3.02. The highest BCUT2D eigenvalue weighted by Gasteiger charge is 2.23. The van der Waals surface area contributed by atoms with Crippen LogP contribution in [-0.4, -0.2) is 16.1 Å². The van der Waals surface area contributed by atoms with Crippen LogP contribution >= 0.6 is 0 Å². The van der Waals surface area contributed by atoms with Crippen LogP contribution in [-0.2, 0) is 6.42 Å². The van der Waals surface area contributed by atoms with Gasteiger partial charge in [0.05, 0.1) is 5.69 Å². The molecule has 100 valence electrons. The summed E-state index contributed by atoms with van der Waals surface area (Å²) in [6.07, 6.45) is 0.845. The molecule has 1 N–H and O–H groups in total. The molecule has 0 bridgehead atoms. The minimum atomic E-state index is -1.07. The second-order valence-corrected chi connectivity index (χ2v) is 4.70. The maximum atomic E-state index is 11.2. The van der Waals surface area contributed by atoms with E-state index in [0.29, 0.717) is 11.6 Å². The lowest BCUT2D eigenvalue weighted by Gasteiger charge is -2.02. The van der Waals surface area contributed by atoms with Gasteiger partial charge in [0.15, 0.2) is 0 Å². The maximum Gasteiger partial charge on any atom is 0.373 e. The number of carbonyl (C=O) groups is 1. The van der Waals surface area contributed by atoms with Gasteiger partial charge in [0, 0.05) is 5.56 Å². The summed E-state index contributed by atoms with van der Waals surface area (Å²) >= 11 is 0. The van der Waals surface area contributed by atoms with Crippen LogP contribution in [0.2, 0.25) is 0 Å². The van der Waals surface area contributed by atoms with Crippen LogP contribution in [0.1, 0.15) is 48.5 Å². The largest absolute Gasteiger partial charge is 0.475 e. The molecule has 4 nitrogen and oxygen atoms in total. The molecule has 0 aliphatic rings. The van der Waals surface area contributed by atoms with E-state index in [9.17, 15) is 4.79 Å². The zero-order valence-electron chi connectivity index (χ0n) is 11.3. The van der Waals surface area contributed by atoms with Crippen molar-refractivity contribution in [2.75, 3.05) is 0 Å². The van der Waals surface area contributed by atoms with Crippen LogP contribution < -0.4 is 0 Å². The summed E-state index contributed by atoms with van der Waals surface area (Å²) in [5.74, 6) is -0.733. The molecule has 1 aromatic heterocycles. The summed E-state index contributed by atoms with van der Waals surface area (Å²) in [7, 11) is 0. The van der Waals surface area contributed by atoms with Gasteiger partial charge in [-0.15, -0.1) is 0 Å². The highest BCUT2D eigenvalue weighted by molar-refractivity contribution is 5.86. The Morgan fingerprint density at radius 2 is 2.05 bits per heavy atom. The Hall–Kier alpha value is -2.10. The fraction of sp³-hybridized carbons (Fsp3) is 0.333. The van der Waals surface area contributed by atoms with Crippen molar-refractivity contribution in [3.63, 3.8) is 0 Å². The molecule has 0 unspecified atom stereocenters. The van der Waals surface area contributed by atoms with Gasteiger partial charge in [-0.25, -0.2) is 9.78 Å². The Morgan fingerprint density at radius 3 is 2.58 bits per heavy atom. The summed E-state index contributed by atoms with van der Waals surface area (Å²) in [6.45, 7) is 5.85. The number of rotatable bonds is 4. The first-order valence-electron chi connectivity index (χ1n) is 6.36. The van der Waals surface area contributed by atoms with E-state index in [1.807, 2.05) is 45.0 Å². The van der Waals surface area contributed by atoms with E-state index in [1.165, 1.54) is 0 Å². The lowest BCUT2D eigenvalue weighted by Crippen LogP contribution is -2.01. The van der Waals surface area contributed by atoms with Crippen molar-refractivity contribution in [3.05, 3.63) is 41.3 Å². The van der Waals surface area contributed by atoms with Gasteiger partial charge in [-0.3, -0.25) is 0 Å². The molecule has 0 saturated heterocycles. The number of aromatic carboxylic acids is 1. The van der Waals surface area contributed by atoms with Gasteiger partial charge in [0.2, 0.25) is 11.7 Å². The highest BCUT2D eigenvalue weighted by Crippen LogP contribution is 2.28. The summed E-state index contributed by atoms with van der Waals surface area (Å²) < 4.78 is 5.46. The van der Waals surface area contributed by atoms with E-state index in [4.69, 9.17) is 9.52 Å². The first-order chi connectivity index (χ1) is 9.04. The molecule has 0 saturated carbocycles. The number of oxazole rings is 1. The predicted octanol–water partition coefficient (Wildman–Crippen LogP) is 3.73. The van der Waals surface area contributed by atoms with Crippen LogP contribution in [0.5, 0.6) is 0 Å². The quantitative estimate of drug-likeness (QED) is 0.908. The number of aromatic nitrogens is 1. The van der Waals surface area contributed by atoms with E-state index in [-0.39, 0.29) is 11.7 Å². The van der Waals surface area contributed by atoms with Crippen molar-refractivity contribution in [2.24, 2.45) is 0 Å². The monoisotopic (exact) mass is 259 g/mol. The Bertz CT molecular complexity index is 599. The Balaban J connectivity index is 2.57. The van der Waals surface area contributed by atoms with E-state index in [0.717, 1.165) is 17.5 Å². The van der Waals surface area contributed by atoms with Gasteiger partial charge < -0.3 is 9.52 Å². The molecule has 0 fully saturated rings. The second-order valence-electron chi connectivity index (χ2n) is 4.70. The Kier molecular flexibility index (Phi) is 3.69. The van der Waals surface area contributed by atoms with E-state index in [2.05, 4.69) is 4.98 Å². The summed E-state index contributed by atoms with van der Waals surface area (Å²) in [5, 5.41) is 9.17. The average Bonchev–Trinajstić information content (AvgIpc) is 2.84. The van der Waals surface area contributed by atoms with Crippen LogP contribution in [0, 0.1) is 0 Å². The van der Waals surface area contributed by atoms with Crippen LogP contribution in [0.4, 0.5) is 0 Å². The molecular formula is C15H17NO3. The minimum absolute atomic E-state index is 0.0115. The fourth-order valence-electron chi connectivity index (χ4n) is 2.03. The van der Waals surface area contributed by atoms with Crippen molar-refractivity contribution in [2.45, 2.75) is 33.1 Å². The summed E-state index contributed by atoms with van der Waals surface area (Å²) in [4.78, 5) is 15.6. The van der Waals surface area contributed by atoms with E-state index < -0.39 is 5.97 Å². The molecule has 1 aromatic carbocycles. The molecule has 0 atom stereocenters. The van der Waals surface area contributed by atoms with Gasteiger partial charge >= 0.3 is 5.97 Å². The number of benzene rings is 1. The number of carboxylic acids is 1. The zero-order valence-corrected chi connectivity index (χ0v) is 11.3. The van der Waals surface area contributed by atoms with Gasteiger partial charge in [-0.05, 0) is 24.0 Å². The number of nitrogens with zero attached hydrogens (tertiary/aromatic N) is 1. The SMILES string of the molecule is CCc1ccccc1-c1nc(C(C)C)c(C(=O)O)o1. The third-order valence-electron chi connectivity index (χ3n) is 3.02. The molecule has 1 heterocycles. The Labute approximate surface area is 112 Å². The van der Waals surface area contributed by atoms with Crippen molar-refractivity contribution >= 4 is 5.97 Å². The fourth-order valence-corrected chi connectivity index (χ4v) is 2.03. The molecule has 4 heteroatoms. The third kappa shape index (κ3) is 2.52. The molecule has 19 heavy (non-hydrogen) atoms. The number of hydrogen-bond donors (Lipinski definition) is 1. The first kappa shape index (κ1) is 13.3. The van der Waals surface area contributed by atoms with Crippen LogP contribution in [0.15, 0.2) is 28.7 Å². The van der Waals surface area contributed by atoms with Crippen molar-refractivity contribution in [1.82, 2.24) is 4.98 Å². The van der Waals surface area contributed by atoms with Crippen molar-refractivity contribution in [1.29, 1.82) is 0 Å². The van der Waals surface area contributed by atoms with Gasteiger partial charge in [0.25, 0.3) is 0 Å². The summed E-state index contributed by atoms with van der Waals surface area (Å²) in [6, 6.07) is 7.75. The topological polar surface area (TPSA) is 63.3 Å². The summed E-state index contributed by atoms with van der Waals surface area (Å²) in [5.41, 5.74) is 2.45. The maximum absolute atomic E-state index is 11.2. The second kappa shape index (κ2) is 5.26. The van der Waals surface area contributed by atoms with Crippen molar-refractivity contribution in [3.8, 4) is 11.5 Å². The van der Waals surface area contributed by atoms with Crippen molar-refractivity contribution < 1.29 is 14.3 Å². The zero-order chi connectivity index (χ0) is 14.0. The molecule has 2 aromatic rings. The molecule has 0 aliphatic heterocycles. The van der Waals surface area contributed by atoms with E-state index in [1.54, 1.807) is 0 Å². The molecular weight excluding hydrogens is 242 g/mol. The smallest absolute Gasteiger partial charge is 0.373 e. The average molecular weight is 259 g/mol. The Morgan fingerprint density at radius 1 is 1.37 bits per heavy atom. The van der Waals surface area contributed by atoms with Crippen LogP contribution in [0.25, 0.3) is 11.5 Å². The standard InChI is InChI=1S/C15H17NO3/c1-4-10-7-5-6-8-11(10)14-16-12(9(2)3)13(19-14)15(17)18/h5-9H,4H2,1-3H3,(H,17,18). The molecule has 2 rings (SSSR count). The van der Waals surface area contributed by atoms with E-state index >= 15 is 0 Å². The minimum Gasteiger partial charge on any atom is -0.475 e. The lowest BCUT2D eigenvalue weighted by molar-refractivity contribution is 0.0661. The van der Waals surface area contributed by atoms with Gasteiger partial charge in [0.1, 0.15) is 0 Å². The number of carboxylic acid groups (broad SMARTS) is 1. The molecule has 0 radical (unpaired) electrons. The lowest BCUT2D eigenvalue weighted by atomic mass is 10.1. The van der Waals surface area contributed by atoms with Gasteiger partial charge in [-0.1, -0.05) is 39.0 Å². The highest BCUT2D eigenvalue weighted by atomic mass is 16.4. The molecule has 0 aliphatic carbocycles. The molecule has 0 spiro atoms. The first-order valence-corrected chi connectivity index (χ1v) is 6.36. The molecule has 0 amide bonds. The van der Waals surface area contributed by atoms with Crippen LogP contribution in [0.3, 0.4) is 0 Å². The van der Waals surface area contributed by atoms with Gasteiger partial charge in [-0.2, -0.15) is 0 Å².